The van der Waals surface area contributed by atoms with Gasteiger partial charge >= 0.3 is 0 Å². The van der Waals surface area contributed by atoms with Gasteiger partial charge in [-0.1, -0.05) is 18.5 Å². The maximum atomic E-state index is 11.9. The van der Waals surface area contributed by atoms with E-state index in [-0.39, 0.29) is 16.6 Å². The second-order valence-electron chi connectivity index (χ2n) is 3.12. The average Bonchev–Trinajstić information content (AvgIpc) is 2.25. The van der Waals surface area contributed by atoms with Crippen LogP contribution in [0.2, 0.25) is 5.02 Å². The molecule has 0 unspecified atom stereocenters. The number of hydrogen-bond acceptors (Lipinski definition) is 2. The fourth-order valence-electron chi connectivity index (χ4n) is 1.16. The quantitative estimate of drug-likeness (QED) is 0.745. The van der Waals surface area contributed by atoms with E-state index in [1.54, 1.807) is 6.92 Å². The molecule has 1 rings (SSSR count). The van der Waals surface area contributed by atoms with Crippen LogP contribution in [-0.2, 0) is 0 Å². The lowest BCUT2D eigenvalue weighted by molar-refractivity contribution is 0.0818. The summed E-state index contributed by atoms with van der Waals surface area (Å²) in [4.78, 5) is 11.4. The van der Waals surface area contributed by atoms with Gasteiger partial charge in [-0.05, 0) is 18.2 Å². The van der Waals surface area contributed by atoms with Gasteiger partial charge in [-0.3, -0.25) is 4.79 Å². The van der Waals surface area contributed by atoms with Crippen molar-refractivity contribution in [3.05, 3.63) is 28.8 Å². The molecule has 0 fully saturated rings. The van der Waals surface area contributed by atoms with E-state index in [2.05, 4.69) is 0 Å². The topological polar surface area (TPSA) is 26.3 Å². The highest BCUT2D eigenvalue weighted by Crippen LogP contribution is 2.23. The predicted molar refractivity (Wildman–Crippen MR) is 57.6 cm³/mol. The number of benzene rings is 1. The van der Waals surface area contributed by atoms with Crippen LogP contribution in [0.4, 0.5) is 8.78 Å². The zero-order valence-corrected chi connectivity index (χ0v) is 9.43. The molecule has 0 atom stereocenters. The zero-order chi connectivity index (χ0) is 12.1. The summed E-state index contributed by atoms with van der Waals surface area (Å²) in [6, 6.07) is 4.30. The van der Waals surface area contributed by atoms with Crippen LogP contribution in [-0.4, -0.2) is 18.8 Å². The molecule has 1 aromatic rings. The standard InChI is InChI=1S/C11H11ClF2O2/c1-2-10(15)8-4-3-7(5-9(8)12)16-6-11(13)14/h3-5,11H,2,6H2,1H3. The van der Waals surface area contributed by atoms with Gasteiger partial charge in [-0.2, -0.15) is 0 Å². The smallest absolute Gasteiger partial charge is 0.272 e. The molecule has 0 heterocycles. The first-order valence-corrected chi connectivity index (χ1v) is 5.16. The maximum Gasteiger partial charge on any atom is 0.272 e. The Morgan fingerprint density at radius 3 is 2.69 bits per heavy atom. The van der Waals surface area contributed by atoms with Gasteiger partial charge in [0, 0.05) is 12.0 Å². The van der Waals surface area contributed by atoms with E-state index in [1.807, 2.05) is 0 Å². The number of ketones is 1. The van der Waals surface area contributed by atoms with Gasteiger partial charge < -0.3 is 4.74 Å². The molecule has 0 bridgehead atoms. The van der Waals surface area contributed by atoms with Crippen LogP contribution in [0.25, 0.3) is 0 Å². The molecule has 0 aliphatic carbocycles. The van der Waals surface area contributed by atoms with Crippen LogP contribution in [0.15, 0.2) is 18.2 Å². The molecule has 16 heavy (non-hydrogen) atoms. The van der Waals surface area contributed by atoms with E-state index in [9.17, 15) is 13.6 Å². The van der Waals surface area contributed by atoms with Crippen molar-refractivity contribution in [2.45, 2.75) is 19.8 Å². The van der Waals surface area contributed by atoms with Crippen LogP contribution in [0.1, 0.15) is 23.7 Å². The van der Waals surface area contributed by atoms with E-state index in [0.29, 0.717) is 12.0 Å². The minimum absolute atomic E-state index is 0.0922. The first-order chi connectivity index (χ1) is 7.54. The monoisotopic (exact) mass is 248 g/mol. The number of hydrogen-bond donors (Lipinski definition) is 0. The van der Waals surface area contributed by atoms with Crippen LogP contribution in [0.3, 0.4) is 0 Å². The first kappa shape index (κ1) is 12.9. The summed E-state index contributed by atoms with van der Waals surface area (Å²) in [6.45, 7) is 1.04. The van der Waals surface area contributed by atoms with Crippen molar-refractivity contribution in [1.82, 2.24) is 0 Å². The summed E-state index contributed by atoms with van der Waals surface area (Å²) in [5.74, 6) is 0.142. The van der Waals surface area contributed by atoms with Gasteiger partial charge in [-0.25, -0.2) is 8.78 Å². The fraction of sp³-hybridized carbons (Fsp3) is 0.364. The van der Waals surface area contributed by atoms with Crippen LogP contribution >= 0.6 is 11.6 Å². The highest BCUT2D eigenvalue weighted by molar-refractivity contribution is 6.34. The van der Waals surface area contributed by atoms with Gasteiger partial charge in [0.15, 0.2) is 5.78 Å². The molecule has 0 aliphatic rings. The lowest BCUT2D eigenvalue weighted by atomic mass is 10.1. The third-order valence-electron chi connectivity index (χ3n) is 1.94. The molecule has 0 aromatic heterocycles. The van der Waals surface area contributed by atoms with E-state index < -0.39 is 13.0 Å². The summed E-state index contributed by atoms with van der Waals surface area (Å²) in [5, 5.41) is 0.221. The van der Waals surface area contributed by atoms with Crippen molar-refractivity contribution in [3.8, 4) is 5.75 Å². The minimum Gasteiger partial charge on any atom is -0.488 e. The first-order valence-electron chi connectivity index (χ1n) is 4.78. The van der Waals surface area contributed by atoms with Crippen molar-refractivity contribution in [2.24, 2.45) is 0 Å². The lowest BCUT2D eigenvalue weighted by Gasteiger charge is -2.07. The summed E-state index contributed by atoms with van der Waals surface area (Å²) in [5.41, 5.74) is 0.383. The molecule has 1 aromatic carbocycles. The van der Waals surface area contributed by atoms with Crippen LogP contribution in [0.5, 0.6) is 5.75 Å². The van der Waals surface area contributed by atoms with Crippen molar-refractivity contribution in [3.63, 3.8) is 0 Å². The number of alkyl halides is 2. The minimum atomic E-state index is -2.53. The summed E-state index contributed by atoms with van der Waals surface area (Å²) in [7, 11) is 0. The second-order valence-corrected chi connectivity index (χ2v) is 3.53. The van der Waals surface area contributed by atoms with Gasteiger partial charge in [-0.15, -0.1) is 0 Å². The van der Waals surface area contributed by atoms with Crippen molar-refractivity contribution in [1.29, 1.82) is 0 Å². The third kappa shape index (κ3) is 3.45. The maximum absolute atomic E-state index is 11.9. The van der Waals surface area contributed by atoms with E-state index >= 15 is 0 Å². The molecule has 0 radical (unpaired) electrons. The Bertz CT molecular complexity index is 380. The molecular weight excluding hydrogens is 238 g/mol. The zero-order valence-electron chi connectivity index (χ0n) is 8.67. The van der Waals surface area contributed by atoms with Gasteiger partial charge in [0.25, 0.3) is 6.43 Å². The van der Waals surface area contributed by atoms with Crippen molar-refractivity contribution in [2.75, 3.05) is 6.61 Å². The molecule has 0 aliphatic heterocycles. The molecule has 5 heteroatoms. The van der Waals surface area contributed by atoms with Gasteiger partial charge in [0.1, 0.15) is 12.4 Å². The normalized spacial score (nSPS) is 10.6. The summed E-state index contributed by atoms with van der Waals surface area (Å²) < 4.78 is 28.5. The third-order valence-corrected chi connectivity index (χ3v) is 2.25. The summed E-state index contributed by atoms with van der Waals surface area (Å²) >= 11 is 5.83. The fourth-order valence-corrected chi connectivity index (χ4v) is 1.44. The number of carbonyl (C=O) groups excluding carboxylic acids is 1. The molecule has 0 amide bonds. The molecule has 0 saturated carbocycles. The lowest BCUT2D eigenvalue weighted by Crippen LogP contribution is -2.07. The van der Waals surface area contributed by atoms with Gasteiger partial charge in [0.2, 0.25) is 0 Å². The predicted octanol–water partition coefficient (Wildman–Crippen LogP) is 3.58. The number of Topliss-reactive ketones (excluding diaryl/α,β-unsaturated/α-hetero) is 1. The van der Waals surface area contributed by atoms with Crippen LogP contribution < -0.4 is 4.74 Å². The Morgan fingerprint density at radius 1 is 1.50 bits per heavy atom. The van der Waals surface area contributed by atoms with E-state index in [4.69, 9.17) is 16.3 Å². The van der Waals surface area contributed by atoms with Gasteiger partial charge in [0.05, 0.1) is 5.02 Å². The highest BCUT2D eigenvalue weighted by atomic mass is 35.5. The SMILES string of the molecule is CCC(=O)c1ccc(OCC(F)F)cc1Cl. The Balaban J connectivity index is 2.78. The Labute approximate surface area is 97.2 Å². The van der Waals surface area contributed by atoms with Crippen molar-refractivity contribution >= 4 is 17.4 Å². The largest absolute Gasteiger partial charge is 0.488 e. The number of rotatable bonds is 5. The highest BCUT2D eigenvalue weighted by Gasteiger charge is 2.10. The van der Waals surface area contributed by atoms with E-state index in [0.717, 1.165) is 0 Å². The molecule has 0 spiro atoms. The molecule has 88 valence electrons. The Morgan fingerprint density at radius 2 is 2.19 bits per heavy atom. The average molecular weight is 249 g/mol. The van der Waals surface area contributed by atoms with Crippen LogP contribution in [0, 0.1) is 0 Å². The van der Waals surface area contributed by atoms with Crippen molar-refractivity contribution < 1.29 is 18.3 Å². The number of carbonyl (C=O) groups is 1. The molecule has 0 N–H and O–H groups in total. The number of ether oxygens (including phenoxy) is 1. The van der Waals surface area contributed by atoms with E-state index in [1.165, 1.54) is 18.2 Å². The molecular formula is C11H11ClF2O2. The molecule has 2 nitrogen and oxygen atoms in total. The second kappa shape index (κ2) is 5.80. The summed E-state index contributed by atoms with van der Waals surface area (Å²) in [6.07, 6.45) is -2.19. The Hall–Kier alpha value is -1.16. The molecule has 0 saturated heterocycles. The number of halogens is 3. The Kier molecular flexibility index (Phi) is 4.68.